The molecule has 0 bridgehead atoms. The largest absolute Gasteiger partial charge is 0.772 e. The minimum absolute atomic E-state index is 0.0173. The van der Waals surface area contributed by atoms with Crippen molar-refractivity contribution in [3.8, 4) is 0 Å². The van der Waals surface area contributed by atoms with Gasteiger partial charge in [0.1, 0.15) is 0 Å². The Hall–Kier alpha value is -2.44. The van der Waals surface area contributed by atoms with E-state index >= 15 is 0 Å². The van der Waals surface area contributed by atoms with E-state index < -0.39 is 52.4 Å². The zero-order valence-electron chi connectivity index (χ0n) is 18.4. The number of benzene rings is 2. The van der Waals surface area contributed by atoms with Gasteiger partial charge >= 0.3 is 12.4 Å². The lowest BCUT2D eigenvalue weighted by Gasteiger charge is -2.37. The molecule has 0 spiro atoms. The molecule has 2 unspecified atom stereocenters. The van der Waals surface area contributed by atoms with Crippen LogP contribution in [-0.4, -0.2) is 33.6 Å². The SMILES string of the molecule is CCOC(c1ccc(C(=O)NCc2ccc(C(C3CC3)S(=O)[O-])cc2)cc1)(C(F)(F)F)C(F)(F)F. The molecule has 2 aromatic carbocycles. The van der Waals surface area contributed by atoms with E-state index in [2.05, 4.69) is 10.1 Å². The normalized spacial score (nSPS) is 16.6. The van der Waals surface area contributed by atoms with Crippen LogP contribution >= 0.6 is 0 Å². The number of ether oxygens (including phenoxy) is 1. The van der Waals surface area contributed by atoms with Crippen LogP contribution in [0.3, 0.4) is 0 Å². The van der Waals surface area contributed by atoms with E-state index in [1.807, 2.05) is 0 Å². The Labute approximate surface area is 200 Å². The van der Waals surface area contributed by atoms with Crippen molar-refractivity contribution in [3.05, 3.63) is 70.8 Å². The number of halogens is 6. The third-order valence-corrected chi connectivity index (χ3v) is 6.80. The molecule has 1 fully saturated rings. The number of hydrogen-bond acceptors (Lipinski definition) is 4. The molecule has 0 saturated heterocycles. The molecule has 5 nitrogen and oxygen atoms in total. The molecule has 35 heavy (non-hydrogen) atoms. The average molecular weight is 522 g/mol. The first-order valence-corrected chi connectivity index (χ1v) is 11.8. The number of nitrogens with one attached hydrogen (secondary N) is 1. The van der Waals surface area contributed by atoms with Crippen LogP contribution in [0.25, 0.3) is 0 Å². The summed E-state index contributed by atoms with van der Waals surface area (Å²) in [4.78, 5) is 12.4. The van der Waals surface area contributed by atoms with Crippen molar-refractivity contribution in [2.75, 3.05) is 6.61 Å². The van der Waals surface area contributed by atoms with Gasteiger partial charge in [-0.3, -0.25) is 9.00 Å². The molecule has 1 saturated carbocycles. The first-order chi connectivity index (χ1) is 16.3. The number of alkyl halides is 6. The molecule has 192 valence electrons. The van der Waals surface area contributed by atoms with Crippen molar-refractivity contribution in [1.82, 2.24) is 5.32 Å². The van der Waals surface area contributed by atoms with E-state index in [1.165, 1.54) is 0 Å². The van der Waals surface area contributed by atoms with Gasteiger partial charge in [0, 0.05) is 29.5 Å². The van der Waals surface area contributed by atoms with Crippen LogP contribution in [0.4, 0.5) is 26.3 Å². The van der Waals surface area contributed by atoms with Crippen molar-refractivity contribution in [1.29, 1.82) is 0 Å². The highest BCUT2D eigenvalue weighted by molar-refractivity contribution is 7.79. The van der Waals surface area contributed by atoms with Gasteiger partial charge < -0.3 is 14.6 Å². The molecular weight excluding hydrogens is 500 g/mol. The molecule has 0 radical (unpaired) electrons. The molecule has 12 heteroatoms. The Balaban J connectivity index is 1.71. The van der Waals surface area contributed by atoms with E-state index in [0.29, 0.717) is 23.3 Å². The molecule has 0 heterocycles. The van der Waals surface area contributed by atoms with Crippen LogP contribution in [0.5, 0.6) is 0 Å². The van der Waals surface area contributed by atoms with Gasteiger partial charge in [-0.25, -0.2) is 0 Å². The quantitative estimate of drug-likeness (QED) is 0.358. The second-order valence-electron chi connectivity index (χ2n) is 8.13. The highest BCUT2D eigenvalue weighted by Gasteiger charge is 2.73. The van der Waals surface area contributed by atoms with Crippen molar-refractivity contribution >= 4 is 17.0 Å². The lowest BCUT2D eigenvalue weighted by molar-refractivity contribution is -0.388. The molecule has 1 aliphatic carbocycles. The minimum Gasteiger partial charge on any atom is -0.772 e. The summed E-state index contributed by atoms with van der Waals surface area (Å²) in [5.74, 6) is -0.615. The van der Waals surface area contributed by atoms with E-state index in [1.54, 1.807) is 24.3 Å². The summed E-state index contributed by atoms with van der Waals surface area (Å²) < 4.78 is 108. The van der Waals surface area contributed by atoms with Crippen LogP contribution in [-0.2, 0) is 28.0 Å². The Kier molecular flexibility index (Phi) is 7.97. The van der Waals surface area contributed by atoms with Crippen molar-refractivity contribution in [3.63, 3.8) is 0 Å². The first-order valence-electron chi connectivity index (χ1n) is 10.6. The Morgan fingerprint density at radius 3 is 2.00 bits per heavy atom. The second-order valence-corrected chi connectivity index (χ2v) is 9.16. The Bertz CT molecular complexity index is 1040. The fourth-order valence-corrected chi connectivity index (χ4v) is 4.82. The monoisotopic (exact) mass is 522 g/mol. The summed E-state index contributed by atoms with van der Waals surface area (Å²) in [5.41, 5.74) is -4.58. The summed E-state index contributed by atoms with van der Waals surface area (Å²) in [6.45, 7) is 0.197. The number of hydrogen-bond donors (Lipinski definition) is 1. The van der Waals surface area contributed by atoms with E-state index in [-0.39, 0.29) is 18.0 Å². The smallest absolute Gasteiger partial charge is 0.430 e. The van der Waals surface area contributed by atoms with Crippen molar-refractivity contribution in [2.24, 2.45) is 5.92 Å². The van der Waals surface area contributed by atoms with Gasteiger partial charge in [0.2, 0.25) is 0 Å². The van der Waals surface area contributed by atoms with Gasteiger partial charge in [-0.15, -0.1) is 0 Å². The fourth-order valence-electron chi connectivity index (χ4n) is 3.86. The standard InChI is InChI=1S/C23H23F6NO4S/c1-2-34-21(22(24,25)26,23(27,28)29)18-11-9-17(10-12-18)20(31)30-13-14-3-5-15(6-4-14)19(35(32)33)16-7-8-16/h3-6,9-12,16,19H,2,7-8,13H2,1H3,(H,30,31)(H,32,33)/p-1. The van der Waals surface area contributed by atoms with Crippen LogP contribution in [0, 0.1) is 5.92 Å². The van der Waals surface area contributed by atoms with Crippen molar-refractivity contribution < 1.29 is 44.6 Å². The molecular formula is C23H22F6NO4S-. The van der Waals surface area contributed by atoms with Crippen LogP contribution < -0.4 is 5.32 Å². The van der Waals surface area contributed by atoms with E-state index in [0.717, 1.165) is 31.9 Å². The summed E-state index contributed by atoms with van der Waals surface area (Å²) >= 11 is -2.26. The maximum absolute atomic E-state index is 13.5. The topological polar surface area (TPSA) is 78.5 Å². The third-order valence-electron chi connectivity index (χ3n) is 5.73. The predicted octanol–water partition coefficient (Wildman–Crippen LogP) is 5.30. The molecule has 2 aromatic rings. The second kappa shape index (κ2) is 10.3. The summed E-state index contributed by atoms with van der Waals surface area (Å²) in [6.07, 6.45) is -9.89. The van der Waals surface area contributed by atoms with Gasteiger partial charge in [-0.2, -0.15) is 26.3 Å². The van der Waals surface area contributed by atoms with Gasteiger partial charge in [-0.05, 0) is 60.0 Å². The summed E-state index contributed by atoms with van der Waals surface area (Å²) in [6, 6.07) is 9.45. The fraction of sp³-hybridized carbons (Fsp3) is 0.435. The molecule has 0 aromatic heterocycles. The molecule has 3 rings (SSSR count). The summed E-state index contributed by atoms with van der Waals surface area (Å²) in [5, 5.41) is 1.94. The van der Waals surface area contributed by atoms with Crippen LogP contribution in [0.2, 0.25) is 0 Å². The van der Waals surface area contributed by atoms with E-state index in [4.69, 9.17) is 0 Å². The Morgan fingerprint density at radius 2 is 1.57 bits per heavy atom. The Morgan fingerprint density at radius 1 is 1.03 bits per heavy atom. The highest BCUT2D eigenvalue weighted by atomic mass is 32.2. The number of rotatable bonds is 9. The molecule has 1 amide bonds. The third kappa shape index (κ3) is 5.70. The highest BCUT2D eigenvalue weighted by Crippen LogP contribution is 2.53. The van der Waals surface area contributed by atoms with Gasteiger partial charge in [0.25, 0.3) is 11.5 Å². The zero-order valence-corrected chi connectivity index (χ0v) is 19.2. The summed E-state index contributed by atoms with van der Waals surface area (Å²) in [7, 11) is 0. The van der Waals surface area contributed by atoms with Gasteiger partial charge in [0.15, 0.2) is 0 Å². The maximum atomic E-state index is 13.5. The first kappa shape index (κ1) is 27.2. The minimum atomic E-state index is -5.78. The molecule has 1 aliphatic rings. The number of carbonyl (C=O) groups excluding carboxylic acids is 1. The van der Waals surface area contributed by atoms with Gasteiger partial charge in [0.05, 0.1) is 0 Å². The maximum Gasteiger partial charge on any atom is 0.430 e. The van der Waals surface area contributed by atoms with Crippen molar-refractivity contribution in [2.45, 2.75) is 49.5 Å². The molecule has 1 N–H and O–H groups in total. The lowest BCUT2D eigenvalue weighted by atomic mass is 9.91. The molecule has 2 atom stereocenters. The van der Waals surface area contributed by atoms with Crippen LogP contribution in [0.1, 0.15) is 52.1 Å². The number of amides is 1. The average Bonchev–Trinajstić information content (AvgIpc) is 3.60. The zero-order chi connectivity index (χ0) is 26.0. The van der Waals surface area contributed by atoms with Gasteiger partial charge in [-0.1, -0.05) is 36.4 Å². The van der Waals surface area contributed by atoms with Crippen LogP contribution in [0.15, 0.2) is 48.5 Å². The predicted molar refractivity (Wildman–Crippen MR) is 114 cm³/mol. The lowest BCUT2D eigenvalue weighted by Crippen LogP contribution is -2.56. The molecule has 0 aliphatic heterocycles. The number of carbonyl (C=O) groups is 1. The van der Waals surface area contributed by atoms with E-state index in [9.17, 15) is 39.9 Å².